The van der Waals surface area contributed by atoms with Crippen LogP contribution in [0.2, 0.25) is 10.0 Å². The summed E-state index contributed by atoms with van der Waals surface area (Å²) in [6.45, 7) is 2.17. The van der Waals surface area contributed by atoms with Gasteiger partial charge < -0.3 is 14.4 Å². The minimum Gasteiger partial charge on any atom is -0.474 e. The molecule has 0 aromatic heterocycles. The van der Waals surface area contributed by atoms with Gasteiger partial charge in [-0.3, -0.25) is 4.79 Å². The van der Waals surface area contributed by atoms with Crippen molar-refractivity contribution < 1.29 is 14.3 Å². The van der Waals surface area contributed by atoms with Crippen molar-refractivity contribution >= 4 is 29.1 Å². The first-order chi connectivity index (χ1) is 11.7. The second kappa shape index (κ2) is 7.88. The normalized spacial score (nSPS) is 15.8. The molecule has 1 atom stereocenters. The highest BCUT2D eigenvalue weighted by Gasteiger charge is 2.29. The van der Waals surface area contributed by atoms with E-state index in [9.17, 15) is 4.79 Å². The molecule has 0 bridgehead atoms. The minimum atomic E-state index is -0.778. The zero-order valence-electron chi connectivity index (χ0n) is 13.0. The van der Waals surface area contributed by atoms with Crippen LogP contribution in [0.4, 0.5) is 0 Å². The molecule has 1 fully saturated rings. The van der Waals surface area contributed by atoms with Gasteiger partial charge in [0.15, 0.2) is 0 Å². The molecular formula is C18H17Cl2NO3. The van der Waals surface area contributed by atoms with Gasteiger partial charge in [0.2, 0.25) is 6.10 Å². The number of morpholine rings is 1. The Kier molecular flexibility index (Phi) is 5.61. The number of benzene rings is 2. The number of amides is 1. The van der Waals surface area contributed by atoms with Crippen LogP contribution in [0, 0.1) is 0 Å². The molecule has 0 spiro atoms. The van der Waals surface area contributed by atoms with Crippen LogP contribution in [0.3, 0.4) is 0 Å². The third kappa shape index (κ3) is 3.83. The lowest BCUT2D eigenvalue weighted by Crippen LogP contribution is -2.44. The van der Waals surface area contributed by atoms with E-state index in [1.807, 2.05) is 30.3 Å². The molecule has 24 heavy (non-hydrogen) atoms. The lowest BCUT2D eigenvalue weighted by atomic mass is 10.1. The van der Waals surface area contributed by atoms with Gasteiger partial charge in [0.05, 0.1) is 18.2 Å². The fourth-order valence-electron chi connectivity index (χ4n) is 2.54. The van der Waals surface area contributed by atoms with E-state index in [1.54, 1.807) is 23.1 Å². The van der Waals surface area contributed by atoms with E-state index in [1.165, 1.54) is 0 Å². The van der Waals surface area contributed by atoms with Gasteiger partial charge in [-0.15, -0.1) is 0 Å². The Balaban J connectivity index is 1.90. The maximum Gasteiger partial charge on any atom is 0.268 e. The van der Waals surface area contributed by atoms with E-state index in [0.717, 1.165) is 5.56 Å². The molecule has 1 aliphatic rings. The van der Waals surface area contributed by atoms with Crippen LogP contribution in [0.1, 0.15) is 11.7 Å². The summed E-state index contributed by atoms with van der Waals surface area (Å²) >= 11 is 12.3. The zero-order chi connectivity index (χ0) is 16.9. The van der Waals surface area contributed by atoms with Crippen LogP contribution >= 0.6 is 23.2 Å². The molecule has 3 rings (SSSR count). The molecule has 0 unspecified atom stereocenters. The van der Waals surface area contributed by atoms with Crippen molar-refractivity contribution in [3.63, 3.8) is 0 Å². The zero-order valence-corrected chi connectivity index (χ0v) is 14.5. The van der Waals surface area contributed by atoms with Crippen molar-refractivity contribution in [2.75, 3.05) is 26.3 Å². The van der Waals surface area contributed by atoms with E-state index >= 15 is 0 Å². The third-order valence-electron chi connectivity index (χ3n) is 3.81. The number of ether oxygens (including phenoxy) is 2. The van der Waals surface area contributed by atoms with Crippen molar-refractivity contribution in [3.8, 4) is 5.75 Å². The number of halogens is 2. The lowest BCUT2D eigenvalue weighted by Gasteiger charge is -2.30. The summed E-state index contributed by atoms with van der Waals surface area (Å²) in [5.74, 6) is 0.278. The summed E-state index contributed by atoms with van der Waals surface area (Å²) in [7, 11) is 0. The molecule has 0 saturated carbocycles. The average Bonchev–Trinajstić information content (AvgIpc) is 2.64. The number of nitrogens with zero attached hydrogens (tertiary/aromatic N) is 1. The van der Waals surface area contributed by atoms with E-state index in [-0.39, 0.29) is 5.91 Å². The number of carbonyl (C=O) groups is 1. The predicted molar refractivity (Wildman–Crippen MR) is 93.7 cm³/mol. The monoisotopic (exact) mass is 365 g/mol. The molecule has 2 aromatic carbocycles. The molecule has 4 nitrogen and oxygen atoms in total. The molecule has 1 heterocycles. The Morgan fingerprint density at radius 1 is 1.04 bits per heavy atom. The topological polar surface area (TPSA) is 38.8 Å². The smallest absolute Gasteiger partial charge is 0.268 e. The maximum absolute atomic E-state index is 13.0. The van der Waals surface area contributed by atoms with Crippen LogP contribution in [0.5, 0.6) is 5.75 Å². The van der Waals surface area contributed by atoms with Crippen molar-refractivity contribution in [1.29, 1.82) is 0 Å². The van der Waals surface area contributed by atoms with E-state index < -0.39 is 6.10 Å². The molecule has 2 aromatic rings. The van der Waals surface area contributed by atoms with Gasteiger partial charge in [0.1, 0.15) is 10.8 Å². The Hall–Kier alpha value is -1.75. The number of hydrogen-bond acceptors (Lipinski definition) is 3. The standard InChI is InChI=1S/C18H17Cl2NO3/c19-14-7-4-8-15(16(14)20)24-17(13-5-2-1-3-6-13)18(22)21-9-11-23-12-10-21/h1-8,17H,9-12H2/t17-/m1/s1. The fourth-order valence-corrected chi connectivity index (χ4v) is 2.88. The Morgan fingerprint density at radius 2 is 1.75 bits per heavy atom. The maximum atomic E-state index is 13.0. The second-order valence-corrected chi connectivity index (χ2v) is 6.18. The number of rotatable bonds is 4. The fraction of sp³-hybridized carbons (Fsp3) is 0.278. The van der Waals surface area contributed by atoms with Gasteiger partial charge in [-0.25, -0.2) is 0 Å². The van der Waals surface area contributed by atoms with Crippen LogP contribution in [0.15, 0.2) is 48.5 Å². The molecule has 0 radical (unpaired) electrons. The van der Waals surface area contributed by atoms with Gasteiger partial charge in [0.25, 0.3) is 5.91 Å². The van der Waals surface area contributed by atoms with Crippen LogP contribution < -0.4 is 4.74 Å². The molecule has 0 aliphatic carbocycles. The quantitative estimate of drug-likeness (QED) is 0.822. The Bertz CT molecular complexity index is 703. The van der Waals surface area contributed by atoms with Crippen molar-refractivity contribution in [2.45, 2.75) is 6.10 Å². The molecule has 1 amide bonds. The average molecular weight is 366 g/mol. The largest absolute Gasteiger partial charge is 0.474 e. The van der Waals surface area contributed by atoms with E-state index in [2.05, 4.69) is 0 Å². The van der Waals surface area contributed by atoms with Gasteiger partial charge in [-0.05, 0) is 12.1 Å². The minimum absolute atomic E-state index is 0.111. The van der Waals surface area contributed by atoms with Gasteiger partial charge in [-0.2, -0.15) is 0 Å². The van der Waals surface area contributed by atoms with Crippen LogP contribution in [-0.2, 0) is 9.53 Å². The van der Waals surface area contributed by atoms with E-state index in [0.29, 0.717) is 42.1 Å². The first-order valence-corrected chi connectivity index (χ1v) is 8.44. The highest BCUT2D eigenvalue weighted by molar-refractivity contribution is 6.42. The second-order valence-electron chi connectivity index (χ2n) is 5.40. The third-order valence-corrected chi connectivity index (χ3v) is 4.61. The summed E-state index contributed by atoms with van der Waals surface area (Å²) < 4.78 is 11.3. The molecule has 6 heteroatoms. The summed E-state index contributed by atoms with van der Waals surface area (Å²) in [6, 6.07) is 14.5. The van der Waals surface area contributed by atoms with E-state index in [4.69, 9.17) is 32.7 Å². The summed E-state index contributed by atoms with van der Waals surface area (Å²) in [5, 5.41) is 0.690. The van der Waals surface area contributed by atoms with Crippen molar-refractivity contribution in [3.05, 3.63) is 64.1 Å². The SMILES string of the molecule is O=C([C@H](Oc1cccc(Cl)c1Cl)c1ccccc1)N1CCOCC1. The molecule has 1 aliphatic heterocycles. The highest BCUT2D eigenvalue weighted by Crippen LogP contribution is 2.35. The van der Waals surface area contributed by atoms with Crippen LogP contribution in [0.25, 0.3) is 0 Å². The highest BCUT2D eigenvalue weighted by atomic mass is 35.5. The summed E-state index contributed by atoms with van der Waals surface area (Å²) in [6.07, 6.45) is -0.778. The van der Waals surface area contributed by atoms with Gasteiger partial charge in [-0.1, -0.05) is 59.6 Å². The Labute approximate surface area is 150 Å². The van der Waals surface area contributed by atoms with Crippen molar-refractivity contribution in [1.82, 2.24) is 4.90 Å². The lowest BCUT2D eigenvalue weighted by molar-refractivity contribution is -0.143. The molecule has 0 N–H and O–H groups in total. The molecule has 1 saturated heterocycles. The number of hydrogen-bond donors (Lipinski definition) is 0. The molecule has 126 valence electrons. The summed E-state index contributed by atoms with van der Waals surface area (Å²) in [4.78, 5) is 14.7. The summed E-state index contributed by atoms with van der Waals surface area (Å²) in [5.41, 5.74) is 0.769. The molecular weight excluding hydrogens is 349 g/mol. The van der Waals surface area contributed by atoms with Gasteiger partial charge in [0, 0.05) is 18.7 Å². The van der Waals surface area contributed by atoms with Crippen LogP contribution in [-0.4, -0.2) is 37.1 Å². The first kappa shape index (κ1) is 17.1. The van der Waals surface area contributed by atoms with Gasteiger partial charge >= 0.3 is 0 Å². The first-order valence-electron chi connectivity index (χ1n) is 7.69. The Morgan fingerprint density at radius 3 is 2.46 bits per heavy atom. The predicted octanol–water partition coefficient (Wildman–Crippen LogP) is 3.97. The van der Waals surface area contributed by atoms with Crippen molar-refractivity contribution in [2.24, 2.45) is 0 Å². The number of carbonyl (C=O) groups excluding carboxylic acids is 1.